The molecule has 2 aromatic carbocycles. The summed E-state index contributed by atoms with van der Waals surface area (Å²) in [5.41, 5.74) is 5.47. The van der Waals surface area contributed by atoms with Crippen LogP contribution in [0, 0.1) is 0 Å². The van der Waals surface area contributed by atoms with E-state index in [1.807, 2.05) is 30.3 Å². The molecule has 1 heterocycles. The van der Waals surface area contributed by atoms with Crippen molar-refractivity contribution < 1.29 is 4.79 Å². The SMILES string of the molecule is CCCc1cc(C(=O)NN=Cc2ccc(Cl)cc2Cl)c2ccccc2n1. The number of benzene rings is 2. The Hall–Kier alpha value is -2.43. The normalized spacial score (nSPS) is 11.2. The Morgan fingerprint density at radius 3 is 2.77 bits per heavy atom. The fourth-order valence-electron chi connectivity index (χ4n) is 2.63. The second-order valence-electron chi connectivity index (χ2n) is 5.79. The number of carbonyl (C=O) groups excluding carboxylic acids is 1. The lowest BCUT2D eigenvalue weighted by Crippen LogP contribution is -2.18. The minimum atomic E-state index is -0.290. The molecule has 3 rings (SSSR count). The summed E-state index contributed by atoms with van der Waals surface area (Å²) in [6.07, 6.45) is 3.27. The number of amides is 1. The van der Waals surface area contributed by atoms with Crippen LogP contribution in [0.3, 0.4) is 0 Å². The highest BCUT2D eigenvalue weighted by Gasteiger charge is 2.12. The first kappa shape index (κ1) is 18.4. The van der Waals surface area contributed by atoms with Crippen molar-refractivity contribution in [3.63, 3.8) is 0 Å². The molecule has 0 aliphatic carbocycles. The number of halogens is 2. The number of rotatable bonds is 5. The van der Waals surface area contributed by atoms with Crippen molar-refractivity contribution in [3.05, 3.63) is 75.4 Å². The monoisotopic (exact) mass is 385 g/mol. The Morgan fingerprint density at radius 1 is 1.19 bits per heavy atom. The number of carbonyl (C=O) groups is 1. The van der Waals surface area contributed by atoms with Gasteiger partial charge in [-0.2, -0.15) is 5.10 Å². The summed E-state index contributed by atoms with van der Waals surface area (Å²) in [6.45, 7) is 2.08. The third-order valence-electron chi connectivity index (χ3n) is 3.85. The average Bonchev–Trinajstić information content (AvgIpc) is 2.63. The zero-order valence-electron chi connectivity index (χ0n) is 14.2. The van der Waals surface area contributed by atoms with Crippen molar-refractivity contribution in [2.45, 2.75) is 19.8 Å². The van der Waals surface area contributed by atoms with E-state index in [1.54, 1.807) is 18.2 Å². The van der Waals surface area contributed by atoms with E-state index in [9.17, 15) is 4.79 Å². The number of nitrogens with one attached hydrogen (secondary N) is 1. The Kier molecular flexibility index (Phi) is 5.86. The van der Waals surface area contributed by atoms with Gasteiger partial charge in [-0.3, -0.25) is 9.78 Å². The predicted octanol–water partition coefficient (Wildman–Crippen LogP) is 5.26. The maximum Gasteiger partial charge on any atom is 0.272 e. The van der Waals surface area contributed by atoms with Crippen LogP contribution in [0.1, 0.15) is 35.0 Å². The molecule has 0 saturated heterocycles. The number of aromatic nitrogens is 1. The number of nitrogens with zero attached hydrogens (tertiary/aromatic N) is 2. The van der Waals surface area contributed by atoms with Crippen molar-refractivity contribution in [3.8, 4) is 0 Å². The molecule has 0 fully saturated rings. The number of hydrogen-bond donors (Lipinski definition) is 1. The van der Waals surface area contributed by atoms with E-state index < -0.39 is 0 Å². The minimum absolute atomic E-state index is 0.290. The third kappa shape index (κ3) is 4.21. The fraction of sp³-hybridized carbons (Fsp3) is 0.150. The number of para-hydroxylation sites is 1. The van der Waals surface area contributed by atoms with E-state index >= 15 is 0 Å². The van der Waals surface area contributed by atoms with Crippen LogP contribution < -0.4 is 5.43 Å². The molecule has 1 amide bonds. The summed E-state index contributed by atoms with van der Waals surface area (Å²) >= 11 is 12.0. The summed E-state index contributed by atoms with van der Waals surface area (Å²) in [6, 6.07) is 14.5. The summed E-state index contributed by atoms with van der Waals surface area (Å²) in [5.74, 6) is -0.290. The first-order valence-electron chi connectivity index (χ1n) is 8.25. The molecule has 0 saturated carbocycles. The van der Waals surface area contributed by atoms with Crippen LogP contribution >= 0.6 is 23.2 Å². The van der Waals surface area contributed by atoms with Gasteiger partial charge in [-0.1, -0.05) is 60.8 Å². The van der Waals surface area contributed by atoms with E-state index in [0.717, 1.165) is 29.4 Å². The van der Waals surface area contributed by atoms with Gasteiger partial charge in [-0.15, -0.1) is 0 Å². The third-order valence-corrected chi connectivity index (χ3v) is 4.41. The molecule has 3 aromatic rings. The van der Waals surface area contributed by atoms with E-state index in [0.29, 0.717) is 21.2 Å². The predicted molar refractivity (Wildman–Crippen MR) is 107 cm³/mol. The van der Waals surface area contributed by atoms with E-state index in [2.05, 4.69) is 22.4 Å². The molecule has 0 aliphatic rings. The Morgan fingerprint density at radius 2 is 2.00 bits per heavy atom. The minimum Gasteiger partial charge on any atom is -0.267 e. The molecule has 0 unspecified atom stereocenters. The van der Waals surface area contributed by atoms with Gasteiger partial charge in [-0.05, 0) is 30.7 Å². The van der Waals surface area contributed by atoms with Crippen LogP contribution in [0.15, 0.2) is 53.6 Å². The highest BCUT2D eigenvalue weighted by Crippen LogP contribution is 2.20. The van der Waals surface area contributed by atoms with Crippen molar-refractivity contribution >= 4 is 46.2 Å². The van der Waals surface area contributed by atoms with E-state index in [4.69, 9.17) is 23.2 Å². The fourth-order valence-corrected chi connectivity index (χ4v) is 3.09. The van der Waals surface area contributed by atoms with Gasteiger partial charge in [-0.25, -0.2) is 5.43 Å². The Balaban J connectivity index is 1.86. The lowest BCUT2D eigenvalue weighted by molar-refractivity contribution is 0.0956. The first-order chi connectivity index (χ1) is 12.6. The molecule has 1 N–H and O–H groups in total. The molecule has 1 aromatic heterocycles. The Labute approximate surface area is 161 Å². The van der Waals surface area contributed by atoms with Crippen molar-refractivity contribution in [2.75, 3.05) is 0 Å². The van der Waals surface area contributed by atoms with Gasteiger partial charge in [0.05, 0.1) is 22.3 Å². The largest absolute Gasteiger partial charge is 0.272 e. The number of pyridine rings is 1. The van der Waals surface area contributed by atoms with Crippen molar-refractivity contribution in [1.29, 1.82) is 0 Å². The number of hydrogen-bond acceptors (Lipinski definition) is 3. The first-order valence-corrected chi connectivity index (χ1v) is 9.01. The maximum absolute atomic E-state index is 12.6. The lowest BCUT2D eigenvalue weighted by atomic mass is 10.1. The van der Waals surface area contributed by atoms with E-state index in [1.165, 1.54) is 6.21 Å². The molecular weight excluding hydrogens is 369 g/mol. The summed E-state index contributed by atoms with van der Waals surface area (Å²) in [4.78, 5) is 17.2. The average molecular weight is 386 g/mol. The molecule has 6 heteroatoms. The quantitative estimate of drug-likeness (QED) is 0.481. The molecule has 0 radical (unpaired) electrons. The molecule has 0 spiro atoms. The summed E-state index contributed by atoms with van der Waals surface area (Å²) < 4.78 is 0. The molecule has 26 heavy (non-hydrogen) atoms. The van der Waals surface area contributed by atoms with Gasteiger partial charge >= 0.3 is 0 Å². The zero-order chi connectivity index (χ0) is 18.5. The second kappa shape index (κ2) is 8.30. The van der Waals surface area contributed by atoms with Crippen molar-refractivity contribution in [1.82, 2.24) is 10.4 Å². The summed E-state index contributed by atoms with van der Waals surface area (Å²) in [7, 11) is 0. The number of hydrazone groups is 1. The highest BCUT2D eigenvalue weighted by atomic mass is 35.5. The van der Waals surface area contributed by atoms with Crippen LogP contribution in [0.2, 0.25) is 10.0 Å². The van der Waals surface area contributed by atoms with Crippen LogP contribution in [0.25, 0.3) is 10.9 Å². The van der Waals surface area contributed by atoms with E-state index in [-0.39, 0.29) is 5.91 Å². The van der Waals surface area contributed by atoms with Gasteiger partial charge in [0.2, 0.25) is 0 Å². The van der Waals surface area contributed by atoms with Crippen LogP contribution in [-0.4, -0.2) is 17.1 Å². The van der Waals surface area contributed by atoms with Crippen LogP contribution in [0.5, 0.6) is 0 Å². The van der Waals surface area contributed by atoms with Crippen LogP contribution in [-0.2, 0) is 6.42 Å². The molecule has 0 aliphatic heterocycles. The van der Waals surface area contributed by atoms with Crippen molar-refractivity contribution in [2.24, 2.45) is 5.10 Å². The van der Waals surface area contributed by atoms with Gasteiger partial charge < -0.3 is 0 Å². The number of fused-ring (bicyclic) bond motifs is 1. The summed E-state index contributed by atoms with van der Waals surface area (Å²) in [5, 5.41) is 5.83. The van der Waals surface area contributed by atoms with Crippen LogP contribution in [0.4, 0.5) is 0 Å². The molecule has 132 valence electrons. The standard InChI is InChI=1S/C20H17Cl2N3O/c1-2-5-15-11-17(16-6-3-4-7-19(16)24-15)20(26)25-23-12-13-8-9-14(21)10-18(13)22/h3-4,6-12H,2,5H2,1H3,(H,25,26). The number of aryl methyl sites for hydroxylation is 1. The van der Waals surface area contributed by atoms with Gasteiger partial charge in [0.1, 0.15) is 0 Å². The molecule has 0 bridgehead atoms. The van der Waals surface area contributed by atoms with Gasteiger partial charge in [0.25, 0.3) is 5.91 Å². The highest BCUT2D eigenvalue weighted by molar-refractivity contribution is 6.36. The van der Waals surface area contributed by atoms with Gasteiger partial charge in [0, 0.05) is 21.7 Å². The molecule has 0 atom stereocenters. The topological polar surface area (TPSA) is 54.4 Å². The lowest BCUT2D eigenvalue weighted by Gasteiger charge is -2.08. The second-order valence-corrected chi connectivity index (χ2v) is 6.64. The molecule has 4 nitrogen and oxygen atoms in total. The zero-order valence-corrected chi connectivity index (χ0v) is 15.7. The smallest absolute Gasteiger partial charge is 0.267 e. The maximum atomic E-state index is 12.6. The van der Waals surface area contributed by atoms with Gasteiger partial charge in [0.15, 0.2) is 0 Å². The Bertz CT molecular complexity index is 986. The molecular formula is C20H17Cl2N3O.